The molecule has 102 valence electrons. The van der Waals surface area contributed by atoms with E-state index in [2.05, 4.69) is 20.5 Å². The fourth-order valence-electron chi connectivity index (χ4n) is 2.05. The van der Waals surface area contributed by atoms with E-state index in [0.29, 0.717) is 0 Å². The van der Waals surface area contributed by atoms with Crippen molar-refractivity contribution in [2.45, 2.75) is 13.5 Å². The fraction of sp³-hybridized carbons (Fsp3) is 0.214. The molecule has 0 aliphatic carbocycles. The molecule has 6 nitrogen and oxygen atoms in total. The van der Waals surface area contributed by atoms with Crippen LogP contribution in [0.2, 0.25) is 0 Å². The van der Waals surface area contributed by atoms with Gasteiger partial charge in [0.15, 0.2) is 5.82 Å². The number of hydrogen-bond donors (Lipinski definition) is 1. The number of rotatable bonds is 4. The lowest BCUT2D eigenvalue weighted by molar-refractivity contribution is 0.756. The van der Waals surface area contributed by atoms with Crippen LogP contribution in [0.3, 0.4) is 0 Å². The zero-order chi connectivity index (χ0) is 13.9. The monoisotopic (exact) mass is 268 g/mol. The van der Waals surface area contributed by atoms with Crippen molar-refractivity contribution in [2.75, 3.05) is 5.32 Å². The first-order valence-electron chi connectivity index (χ1n) is 6.41. The van der Waals surface area contributed by atoms with Crippen LogP contribution in [0, 0.1) is 6.92 Å². The number of hydrogen-bond acceptors (Lipinski definition) is 4. The van der Waals surface area contributed by atoms with Gasteiger partial charge in [0.1, 0.15) is 0 Å². The maximum Gasteiger partial charge on any atom is 0.153 e. The van der Waals surface area contributed by atoms with E-state index in [4.69, 9.17) is 0 Å². The second-order valence-corrected chi connectivity index (χ2v) is 4.62. The Balaban J connectivity index is 1.68. The average Bonchev–Trinajstić information content (AvgIpc) is 3.07. The van der Waals surface area contributed by atoms with Crippen LogP contribution in [0.25, 0.3) is 5.82 Å². The van der Waals surface area contributed by atoms with Crippen molar-refractivity contribution in [1.82, 2.24) is 24.5 Å². The summed E-state index contributed by atoms with van der Waals surface area (Å²) in [5.74, 6) is 0.804. The Hall–Kier alpha value is -2.63. The molecule has 0 amide bonds. The minimum absolute atomic E-state index is 0.739. The summed E-state index contributed by atoms with van der Waals surface area (Å²) >= 11 is 0. The zero-order valence-corrected chi connectivity index (χ0v) is 11.5. The highest BCUT2D eigenvalue weighted by Gasteiger charge is 2.03. The topological polar surface area (TPSA) is 60.6 Å². The molecule has 3 aromatic heterocycles. The van der Waals surface area contributed by atoms with Gasteiger partial charge in [-0.25, -0.2) is 9.67 Å². The van der Waals surface area contributed by atoms with Crippen LogP contribution in [0.4, 0.5) is 5.69 Å². The Morgan fingerprint density at radius 2 is 2.20 bits per heavy atom. The summed E-state index contributed by atoms with van der Waals surface area (Å²) in [4.78, 5) is 4.38. The Kier molecular flexibility index (Phi) is 3.20. The molecule has 0 saturated carbocycles. The van der Waals surface area contributed by atoms with Gasteiger partial charge in [-0.2, -0.15) is 10.2 Å². The number of pyridine rings is 1. The van der Waals surface area contributed by atoms with Gasteiger partial charge in [0.2, 0.25) is 0 Å². The lowest BCUT2D eigenvalue weighted by atomic mass is 10.2. The quantitative estimate of drug-likeness (QED) is 0.785. The Bertz CT molecular complexity index is 681. The number of anilines is 1. The van der Waals surface area contributed by atoms with Crippen molar-refractivity contribution in [3.63, 3.8) is 0 Å². The Morgan fingerprint density at radius 3 is 2.80 bits per heavy atom. The number of nitrogens with one attached hydrogen (secondary N) is 1. The van der Waals surface area contributed by atoms with E-state index in [1.807, 2.05) is 55.4 Å². The van der Waals surface area contributed by atoms with Crippen molar-refractivity contribution < 1.29 is 0 Å². The summed E-state index contributed by atoms with van der Waals surface area (Å²) in [5.41, 5.74) is 3.20. The molecule has 0 aliphatic heterocycles. The SMILES string of the molecule is Cc1nn(C)cc1CNc1ccc(-n2cccn2)nc1. The Labute approximate surface area is 117 Å². The largest absolute Gasteiger partial charge is 0.380 e. The number of aryl methyl sites for hydroxylation is 2. The lowest BCUT2D eigenvalue weighted by Gasteiger charge is -2.06. The molecule has 0 unspecified atom stereocenters. The summed E-state index contributed by atoms with van der Waals surface area (Å²) in [5, 5.41) is 11.8. The second-order valence-electron chi connectivity index (χ2n) is 4.62. The molecule has 0 aromatic carbocycles. The van der Waals surface area contributed by atoms with Gasteiger partial charge in [0, 0.05) is 37.7 Å². The third kappa shape index (κ3) is 2.54. The predicted octanol–water partition coefficient (Wildman–Crippen LogP) is 1.92. The van der Waals surface area contributed by atoms with Gasteiger partial charge in [-0.05, 0) is 25.1 Å². The van der Waals surface area contributed by atoms with Crippen LogP contribution < -0.4 is 5.32 Å². The molecule has 0 fully saturated rings. The smallest absolute Gasteiger partial charge is 0.153 e. The molecule has 0 atom stereocenters. The van der Waals surface area contributed by atoms with Crippen LogP contribution in [0.1, 0.15) is 11.3 Å². The van der Waals surface area contributed by atoms with Gasteiger partial charge in [-0.1, -0.05) is 0 Å². The van der Waals surface area contributed by atoms with Gasteiger partial charge in [0.05, 0.1) is 17.6 Å². The van der Waals surface area contributed by atoms with E-state index < -0.39 is 0 Å². The Morgan fingerprint density at radius 1 is 1.30 bits per heavy atom. The first-order chi connectivity index (χ1) is 9.72. The van der Waals surface area contributed by atoms with E-state index in [-0.39, 0.29) is 0 Å². The normalized spacial score (nSPS) is 10.7. The summed E-state index contributed by atoms with van der Waals surface area (Å²) < 4.78 is 3.56. The minimum atomic E-state index is 0.739. The molecule has 20 heavy (non-hydrogen) atoms. The highest BCUT2D eigenvalue weighted by Crippen LogP contribution is 2.12. The third-order valence-electron chi connectivity index (χ3n) is 3.09. The molecule has 3 rings (SSSR count). The van der Waals surface area contributed by atoms with E-state index in [1.165, 1.54) is 5.56 Å². The maximum atomic E-state index is 4.38. The molecule has 0 bridgehead atoms. The summed E-state index contributed by atoms with van der Waals surface area (Å²) in [7, 11) is 1.93. The van der Waals surface area contributed by atoms with Crippen molar-refractivity contribution in [3.05, 3.63) is 54.2 Å². The molecule has 0 saturated heterocycles. The average molecular weight is 268 g/mol. The lowest BCUT2D eigenvalue weighted by Crippen LogP contribution is -2.02. The first-order valence-corrected chi connectivity index (χ1v) is 6.41. The van der Waals surface area contributed by atoms with Crippen LogP contribution >= 0.6 is 0 Å². The minimum Gasteiger partial charge on any atom is -0.380 e. The van der Waals surface area contributed by atoms with Crippen LogP contribution in [0.15, 0.2) is 43.0 Å². The summed E-state index contributed by atoms with van der Waals surface area (Å²) in [6, 6.07) is 5.81. The molecule has 3 aromatic rings. The molecule has 3 heterocycles. The molecule has 1 N–H and O–H groups in total. The molecule has 0 radical (unpaired) electrons. The fourth-order valence-corrected chi connectivity index (χ4v) is 2.05. The maximum absolute atomic E-state index is 4.38. The van der Waals surface area contributed by atoms with Crippen molar-refractivity contribution in [1.29, 1.82) is 0 Å². The van der Waals surface area contributed by atoms with Gasteiger partial charge in [-0.15, -0.1) is 0 Å². The van der Waals surface area contributed by atoms with Gasteiger partial charge in [0.25, 0.3) is 0 Å². The predicted molar refractivity (Wildman–Crippen MR) is 76.6 cm³/mol. The van der Waals surface area contributed by atoms with E-state index >= 15 is 0 Å². The molecule has 0 spiro atoms. The van der Waals surface area contributed by atoms with Crippen LogP contribution in [-0.4, -0.2) is 24.5 Å². The number of aromatic nitrogens is 5. The van der Waals surface area contributed by atoms with Crippen molar-refractivity contribution >= 4 is 5.69 Å². The number of nitrogens with zero attached hydrogens (tertiary/aromatic N) is 5. The van der Waals surface area contributed by atoms with Crippen LogP contribution in [-0.2, 0) is 13.6 Å². The standard InChI is InChI=1S/C14H16N6/c1-11-12(10-19(2)18-11)8-15-13-4-5-14(16-9-13)20-7-3-6-17-20/h3-7,9-10,15H,8H2,1-2H3. The van der Waals surface area contributed by atoms with Crippen molar-refractivity contribution in [2.24, 2.45) is 7.05 Å². The third-order valence-corrected chi connectivity index (χ3v) is 3.09. The van der Waals surface area contributed by atoms with E-state index in [1.54, 1.807) is 10.9 Å². The summed E-state index contributed by atoms with van der Waals surface area (Å²) in [6.07, 6.45) is 7.43. The van der Waals surface area contributed by atoms with Gasteiger partial charge in [-0.3, -0.25) is 4.68 Å². The van der Waals surface area contributed by atoms with E-state index in [9.17, 15) is 0 Å². The van der Waals surface area contributed by atoms with E-state index in [0.717, 1.165) is 23.7 Å². The van der Waals surface area contributed by atoms with Gasteiger partial charge >= 0.3 is 0 Å². The first kappa shape index (κ1) is 12.4. The molecule has 6 heteroatoms. The molecular weight excluding hydrogens is 252 g/mol. The highest BCUT2D eigenvalue weighted by molar-refractivity contribution is 5.44. The van der Waals surface area contributed by atoms with Crippen molar-refractivity contribution in [3.8, 4) is 5.82 Å². The van der Waals surface area contributed by atoms with Crippen LogP contribution in [0.5, 0.6) is 0 Å². The second kappa shape index (κ2) is 5.16. The molecule has 0 aliphatic rings. The molecular formula is C14H16N6. The zero-order valence-electron chi connectivity index (χ0n) is 11.5. The summed E-state index contributed by atoms with van der Waals surface area (Å²) in [6.45, 7) is 2.75. The van der Waals surface area contributed by atoms with Gasteiger partial charge < -0.3 is 5.32 Å². The highest BCUT2D eigenvalue weighted by atomic mass is 15.3.